The van der Waals surface area contributed by atoms with Gasteiger partial charge < -0.3 is 9.64 Å². The summed E-state index contributed by atoms with van der Waals surface area (Å²) in [5.74, 6) is 1.52. The first kappa shape index (κ1) is 11.7. The highest BCUT2D eigenvalue weighted by atomic mass is 35.5. The van der Waals surface area contributed by atoms with Gasteiger partial charge in [-0.15, -0.1) is 11.6 Å². The number of pyridine rings is 1. The van der Waals surface area contributed by atoms with Crippen LogP contribution in [-0.2, 0) is 10.6 Å². The van der Waals surface area contributed by atoms with E-state index in [1.807, 2.05) is 18.3 Å². The maximum Gasteiger partial charge on any atom is 0.133 e. The van der Waals surface area contributed by atoms with Crippen molar-refractivity contribution < 1.29 is 4.74 Å². The van der Waals surface area contributed by atoms with Gasteiger partial charge in [0.1, 0.15) is 5.82 Å². The maximum absolute atomic E-state index is 5.93. The maximum atomic E-state index is 5.93. The molecular weight excluding hydrogens is 224 g/mol. The van der Waals surface area contributed by atoms with E-state index < -0.39 is 0 Å². The average molecular weight is 241 g/mol. The summed E-state index contributed by atoms with van der Waals surface area (Å²) in [4.78, 5) is 6.71. The zero-order valence-electron chi connectivity index (χ0n) is 9.53. The number of rotatable bonds is 2. The molecule has 16 heavy (non-hydrogen) atoms. The molecule has 3 nitrogen and oxygen atoms in total. The number of hydrogen-bond donors (Lipinski definition) is 0. The molecule has 0 aromatic carbocycles. The van der Waals surface area contributed by atoms with Gasteiger partial charge in [-0.25, -0.2) is 4.98 Å². The van der Waals surface area contributed by atoms with Crippen LogP contribution in [0.4, 0.5) is 5.82 Å². The third-order valence-corrected chi connectivity index (χ3v) is 3.05. The summed E-state index contributed by atoms with van der Waals surface area (Å²) in [5, 5.41) is 0. The van der Waals surface area contributed by atoms with Crippen molar-refractivity contribution in [3.8, 4) is 0 Å². The van der Waals surface area contributed by atoms with Crippen molar-refractivity contribution in [3.05, 3.63) is 23.9 Å². The van der Waals surface area contributed by atoms with E-state index in [2.05, 4.69) is 16.8 Å². The van der Waals surface area contributed by atoms with Gasteiger partial charge in [-0.2, -0.15) is 0 Å². The lowest BCUT2D eigenvalue weighted by atomic mass is 10.2. The SMILES string of the molecule is CC1CN(c2ncccc2CCl)CCCO1. The molecule has 0 saturated carbocycles. The summed E-state index contributed by atoms with van der Waals surface area (Å²) < 4.78 is 5.63. The van der Waals surface area contributed by atoms with Crippen LogP contribution in [0.5, 0.6) is 0 Å². The van der Waals surface area contributed by atoms with E-state index in [4.69, 9.17) is 16.3 Å². The highest BCUT2D eigenvalue weighted by molar-refractivity contribution is 6.17. The summed E-state index contributed by atoms with van der Waals surface area (Å²) in [6.07, 6.45) is 3.12. The standard InChI is InChI=1S/C12H17ClN2O/c1-10-9-15(6-3-7-16-10)12-11(8-13)4-2-5-14-12/h2,4-5,10H,3,6-9H2,1H3. The molecule has 2 heterocycles. The molecule has 1 fully saturated rings. The van der Waals surface area contributed by atoms with Gasteiger partial charge in [-0.1, -0.05) is 6.07 Å². The number of anilines is 1. The Bertz CT molecular complexity index is 346. The van der Waals surface area contributed by atoms with Crippen LogP contribution >= 0.6 is 11.6 Å². The van der Waals surface area contributed by atoms with E-state index in [0.29, 0.717) is 5.88 Å². The number of halogens is 1. The summed E-state index contributed by atoms with van der Waals surface area (Å²) in [6, 6.07) is 3.96. The zero-order valence-corrected chi connectivity index (χ0v) is 10.3. The predicted octanol–water partition coefficient (Wildman–Crippen LogP) is 2.44. The Morgan fingerprint density at radius 3 is 3.31 bits per heavy atom. The minimum Gasteiger partial charge on any atom is -0.377 e. The fourth-order valence-electron chi connectivity index (χ4n) is 2.01. The zero-order chi connectivity index (χ0) is 11.4. The molecule has 0 amide bonds. The largest absolute Gasteiger partial charge is 0.377 e. The number of aromatic nitrogens is 1. The minimum atomic E-state index is 0.257. The van der Waals surface area contributed by atoms with Crippen molar-refractivity contribution in [1.82, 2.24) is 4.98 Å². The van der Waals surface area contributed by atoms with Gasteiger partial charge in [0.2, 0.25) is 0 Å². The highest BCUT2D eigenvalue weighted by Gasteiger charge is 2.18. The van der Waals surface area contributed by atoms with E-state index in [0.717, 1.165) is 37.5 Å². The molecule has 1 saturated heterocycles. The first-order valence-corrected chi connectivity index (χ1v) is 6.21. The van der Waals surface area contributed by atoms with Crippen LogP contribution < -0.4 is 4.90 Å². The lowest BCUT2D eigenvalue weighted by Gasteiger charge is -2.24. The van der Waals surface area contributed by atoms with E-state index in [9.17, 15) is 0 Å². The summed E-state index contributed by atoms with van der Waals surface area (Å²) in [6.45, 7) is 4.81. The van der Waals surface area contributed by atoms with Gasteiger partial charge in [-0.05, 0) is 19.4 Å². The van der Waals surface area contributed by atoms with Crippen molar-refractivity contribution in [2.24, 2.45) is 0 Å². The van der Waals surface area contributed by atoms with Crippen molar-refractivity contribution >= 4 is 17.4 Å². The molecule has 0 spiro atoms. The molecule has 1 unspecified atom stereocenters. The quantitative estimate of drug-likeness (QED) is 0.743. The van der Waals surface area contributed by atoms with Crippen molar-refractivity contribution in [3.63, 3.8) is 0 Å². The Balaban J connectivity index is 2.20. The highest BCUT2D eigenvalue weighted by Crippen LogP contribution is 2.21. The molecule has 0 N–H and O–H groups in total. The molecule has 0 aliphatic carbocycles. The number of hydrogen-bond acceptors (Lipinski definition) is 3. The van der Waals surface area contributed by atoms with Gasteiger partial charge in [0.25, 0.3) is 0 Å². The Kier molecular flexibility index (Phi) is 4.02. The van der Waals surface area contributed by atoms with Crippen LogP contribution in [0.25, 0.3) is 0 Å². The third kappa shape index (κ3) is 2.66. The summed E-state index contributed by atoms with van der Waals surface area (Å²) >= 11 is 5.93. The monoisotopic (exact) mass is 240 g/mol. The van der Waals surface area contributed by atoms with Crippen molar-refractivity contribution in [1.29, 1.82) is 0 Å². The fourth-order valence-corrected chi connectivity index (χ4v) is 2.21. The normalized spacial score (nSPS) is 21.9. The first-order chi connectivity index (χ1) is 7.81. The second kappa shape index (κ2) is 5.51. The van der Waals surface area contributed by atoms with Gasteiger partial charge in [-0.3, -0.25) is 0 Å². The first-order valence-electron chi connectivity index (χ1n) is 5.67. The van der Waals surface area contributed by atoms with E-state index >= 15 is 0 Å². The van der Waals surface area contributed by atoms with Gasteiger partial charge >= 0.3 is 0 Å². The van der Waals surface area contributed by atoms with Gasteiger partial charge in [0.15, 0.2) is 0 Å². The molecule has 1 aliphatic heterocycles. The summed E-state index contributed by atoms with van der Waals surface area (Å²) in [7, 11) is 0. The number of alkyl halides is 1. The van der Waals surface area contributed by atoms with Crippen LogP contribution in [0.3, 0.4) is 0 Å². The molecule has 1 aliphatic rings. The van der Waals surface area contributed by atoms with Crippen LogP contribution in [0.2, 0.25) is 0 Å². The van der Waals surface area contributed by atoms with E-state index in [-0.39, 0.29) is 6.10 Å². The lowest BCUT2D eigenvalue weighted by molar-refractivity contribution is 0.0820. The summed E-state index contributed by atoms with van der Waals surface area (Å²) in [5.41, 5.74) is 1.10. The minimum absolute atomic E-state index is 0.257. The lowest BCUT2D eigenvalue weighted by Crippen LogP contribution is -2.31. The molecule has 4 heteroatoms. The molecule has 1 aromatic rings. The number of nitrogens with zero attached hydrogens (tertiary/aromatic N) is 2. The molecule has 88 valence electrons. The van der Waals surface area contributed by atoms with Crippen LogP contribution in [0, 0.1) is 0 Å². The van der Waals surface area contributed by atoms with Gasteiger partial charge in [0.05, 0.1) is 12.0 Å². The predicted molar refractivity (Wildman–Crippen MR) is 66.0 cm³/mol. The van der Waals surface area contributed by atoms with E-state index in [1.165, 1.54) is 0 Å². The molecule has 1 aromatic heterocycles. The molecule has 2 rings (SSSR count). The van der Waals surface area contributed by atoms with Crippen molar-refractivity contribution in [2.75, 3.05) is 24.6 Å². The van der Waals surface area contributed by atoms with Crippen LogP contribution in [-0.4, -0.2) is 30.8 Å². The van der Waals surface area contributed by atoms with E-state index in [1.54, 1.807) is 0 Å². The third-order valence-electron chi connectivity index (χ3n) is 2.76. The Labute approximate surface area is 101 Å². The Morgan fingerprint density at radius 2 is 2.50 bits per heavy atom. The average Bonchev–Trinajstić information content (AvgIpc) is 2.54. The van der Waals surface area contributed by atoms with Gasteiger partial charge in [0, 0.05) is 31.5 Å². The Morgan fingerprint density at radius 1 is 1.62 bits per heavy atom. The smallest absolute Gasteiger partial charge is 0.133 e. The molecule has 0 bridgehead atoms. The second-order valence-electron chi connectivity index (χ2n) is 4.10. The van der Waals surface area contributed by atoms with Crippen LogP contribution in [0.15, 0.2) is 18.3 Å². The molecular formula is C12H17ClN2O. The Hall–Kier alpha value is -0.800. The number of ether oxygens (including phenoxy) is 1. The topological polar surface area (TPSA) is 25.4 Å². The van der Waals surface area contributed by atoms with Crippen molar-refractivity contribution in [2.45, 2.75) is 25.3 Å². The fraction of sp³-hybridized carbons (Fsp3) is 0.583. The second-order valence-corrected chi connectivity index (χ2v) is 4.37. The molecule has 1 atom stereocenters. The van der Waals surface area contributed by atoms with Crippen LogP contribution in [0.1, 0.15) is 18.9 Å². The molecule has 0 radical (unpaired) electrons.